The minimum atomic E-state index is -1.01. The molecule has 0 fully saturated rings. The Morgan fingerprint density at radius 1 is 1.00 bits per heavy atom. The molecule has 9 heteroatoms. The first-order valence-corrected chi connectivity index (χ1v) is 12.1. The lowest BCUT2D eigenvalue weighted by atomic mass is 9.92. The third-order valence-electron chi connectivity index (χ3n) is 6.59. The first-order valence-electron chi connectivity index (χ1n) is 12.1. The van der Waals surface area contributed by atoms with E-state index in [9.17, 15) is 29.9 Å². The zero-order valence-corrected chi connectivity index (χ0v) is 20.1. The van der Waals surface area contributed by atoms with Crippen LogP contribution in [0.25, 0.3) is 0 Å². The number of nitrogens with zero attached hydrogens (tertiary/aromatic N) is 1. The Morgan fingerprint density at radius 2 is 1.68 bits per heavy atom. The number of benzene rings is 3. The van der Waals surface area contributed by atoms with Crippen LogP contribution < -0.4 is 10.6 Å². The van der Waals surface area contributed by atoms with Gasteiger partial charge >= 0.3 is 0 Å². The van der Waals surface area contributed by atoms with E-state index >= 15 is 0 Å². The monoisotopic (exact) mass is 503 g/mol. The van der Waals surface area contributed by atoms with E-state index in [2.05, 4.69) is 10.6 Å². The number of rotatable bonds is 10. The molecule has 0 aromatic heterocycles. The van der Waals surface area contributed by atoms with Crippen LogP contribution >= 0.6 is 0 Å². The molecule has 0 heterocycles. The zero-order valence-electron chi connectivity index (χ0n) is 20.1. The highest BCUT2D eigenvalue weighted by atomic mass is 16.6. The average Bonchev–Trinajstić information content (AvgIpc) is 3.22. The molecular formula is C28H29N3O6. The van der Waals surface area contributed by atoms with Crippen LogP contribution in [0.4, 0.5) is 5.69 Å². The molecule has 192 valence electrons. The van der Waals surface area contributed by atoms with Crippen LogP contribution in [0, 0.1) is 16.0 Å². The number of nitrogens with one attached hydrogen (secondary N) is 2. The summed E-state index contributed by atoms with van der Waals surface area (Å²) in [4.78, 5) is 36.0. The Bertz CT molecular complexity index is 1250. The van der Waals surface area contributed by atoms with E-state index < -0.39 is 35.0 Å². The summed E-state index contributed by atoms with van der Waals surface area (Å²) in [6, 6.07) is 21.7. The Balaban J connectivity index is 1.40. The summed E-state index contributed by atoms with van der Waals surface area (Å²) in [6.07, 6.45) is -0.815. The van der Waals surface area contributed by atoms with Crippen molar-refractivity contribution >= 4 is 17.5 Å². The Kier molecular flexibility index (Phi) is 8.27. The van der Waals surface area contributed by atoms with E-state index in [4.69, 9.17) is 0 Å². The first-order chi connectivity index (χ1) is 17.8. The van der Waals surface area contributed by atoms with Crippen molar-refractivity contribution in [3.63, 3.8) is 0 Å². The normalized spacial score (nSPS) is 17.9. The Labute approximate surface area is 214 Å². The Hall–Kier alpha value is -4.08. The van der Waals surface area contributed by atoms with E-state index in [1.165, 1.54) is 24.3 Å². The Morgan fingerprint density at radius 3 is 2.38 bits per heavy atom. The van der Waals surface area contributed by atoms with Gasteiger partial charge in [0.15, 0.2) is 0 Å². The number of aliphatic hydroxyl groups excluding tert-OH is 2. The number of amides is 2. The summed E-state index contributed by atoms with van der Waals surface area (Å²) < 4.78 is 0. The summed E-state index contributed by atoms with van der Waals surface area (Å²) >= 11 is 0. The number of nitro benzene ring substituents is 1. The van der Waals surface area contributed by atoms with Crippen molar-refractivity contribution in [1.82, 2.24) is 10.6 Å². The van der Waals surface area contributed by atoms with Gasteiger partial charge in [0.2, 0.25) is 5.91 Å². The van der Waals surface area contributed by atoms with Crippen LogP contribution in [-0.4, -0.2) is 45.7 Å². The standard InChI is InChI=1S/C28H29N3O6/c32-23(17-29-27(34)19-10-12-22(13-11-19)31(36)37)15-21(14-18-6-2-1-3-7-18)28(35)30-26-24-9-5-4-8-20(24)16-25(26)33/h1-13,21,23,25-26,32-33H,14-17H2,(H,29,34)(H,30,35)/t21?,23-,25+,26-/m0/s1. The van der Waals surface area contributed by atoms with Gasteiger partial charge in [-0.1, -0.05) is 54.6 Å². The number of non-ortho nitro benzene ring substituents is 1. The number of aliphatic hydroxyl groups is 2. The maximum atomic E-state index is 13.4. The molecule has 0 saturated heterocycles. The molecule has 0 aliphatic heterocycles. The number of hydrogen-bond donors (Lipinski definition) is 4. The smallest absolute Gasteiger partial charge is 0.269 e. The van der Waals surface area contributed by atoms with Crippen LogP contribution in [0.2, 0.25) is 0 Å². The van der Waals surface area contributed by atoms with Crippen LogP contribution in [0.15, 0.2) is 78.9 Å². The van der Waals surface area contributed by atoms with Crippen LogP contribution in [-0.2, 0) is 17.6 Å². The second-order valence-electron chi connectivity index (χ2n) is 9.25. The minimum Gasteiger partial charge on any atom is -0.391 e. The second-order valence-corrected chi connectivity index (χ2v) is 9.25. The van der Waals surface area contributed by atoms with Gasteiger partial charge in [0.25, 0.3) is 11.6 Å². The molecule has 4 N–H and O–H groups in total. The van der Waals surface area contributed by atoms with E-state index in [0.717, 1.165) is 16.7 Å². The molecule has 0 bridgehead atoms. The fourth-order valence-electron chi connectivity index (χ4n) is 4.66. The fourth-order valence-corrected chi connectivity index (χ4v) is 4.66. The maximum Gasteiger partial charge on any atom is 0.269 e. The topological polar surface area (TPSA) is 142 Å². The van der Waals surface area contributed by atoms with Crippen molar-refractivity contribution in [3.05, 3.63) is 111 Å². The summed E-state index contributed by atoms with van der Waals surface area (Å²) in [5.41, 5.74) is 2.91. The highest BCUT2D eigenvalue weighted by molar-refractivity contribution is 5.94. The summed E-state index contributed by atoms with van der Waals surface area (Å²) in [7, 11) is 0. The molecule has 0 saturated carbocycles. The molecule has 0 spiro atoms. The van der Waals surface area contributed by atoms with E-state index in [-0.39, 0.29) is 30.1 Å². The molecule has 2 amide bonds. The predicted octanol–water partition coefficient (Wildman–Crippen LogP) is 2.71. The number of carbonyl (C=O) groups excluding carboxylic acids is 2. The van der Waals surface area contributed by atoms with Gasteiger partial charge in [-0.25, -0.2) is 0 Å². The first kappa shape index (κ1) is 26.0. The number of fused-ring (bicyclic) bond motifs is 1. The number of nitro groups is 1. The highest BCUT2D eigenvalue weighted by Crippen LogP contribution is 2.32. The van der Waals surface area contributed by atoms with Crippen molar-refractivity contribution in [1.29, 1.82) is 0 Å². The SMILES string of the molecule is O=C(NC[C@@H](O)CC(Cc1ccccc1)C(=O)N[C@H]1c2ccccc2C[C@H]1O)c1ccc([N+](=O)[O-])cc1. The van der Waals surface area contributed by atoms with Crippen molar-refractivity contribution < 1.29 is 24.7 Å². The summed E-state index contributed by atoms with van der Waals surface area (Å²) in [6.45, 7) is -0.0940. The van der Waals surface area contributed by atoms with Gasteiger partial charge < -0.3 is 20.8 Å². The molecule has 3 aromatic carbocycles. The van der Waals surface area contributed by atoms with Gasteiger partial charge in [0.1, 0.15) is 0 Å². The molecule has 1 aliphatic carbocycles. The van der Waals surface area contributed by atoms with Crippen molar-refractivity contribution in [2.75, 3.05) is 6.54 Å². The van der Waals surface area contributed by atoms with Crippen molar-refractivity contribution in [2.45, 2.75) is 37.5 Å². The summed E-state index contributed by atoms with van der Waals surface area (Å²) in [5, 5.41) is 37.7. The van der Waals surface area contributed by atoms with Crippen LogP contribution in [0.1, 0.15) is 39.5 Å². The average molecular weight is 504 g/mol. The zero-order chi connectivity index (χ0) is 26.4. The van der Waals surface area contributed by atoms with Crippen molar-refractivity contribution in [2.24, 2.45) is 5.92 Å². The van der Waals surface area contributed by atoms with Crippen LogP contribution in [0.5, 0.6) is 0 Å². The van der Waals surface area contributed by atoms with Crippen LogP contribution in [0.3, 0.4) is 0 Å². The van der Waals surface area contributed by atoms with E-state index in [1.807, 2.05) is 54.6 Å². The van der Waals surface area contributed by atoms with E-state index in [1.54, 1.807) is 0 Å². The van der Waals surface area contributed by atoms with Gasteiger partial charge in [-0.2, -0.15) is 0 Å². The minimum absolute atomic E-state index is 0.0890. The molecular weight excluding hydrogens is 474 g/mol. The molecule has 9 nitrogen and oxygen atoms in total. The molecule has 4 rings (SSSR count). The fraction of sp³-hybridized carbons (Fsp3) is 0.286. The number of hydrogen-bond acceptors (Lipinski definition) is 6. The second kappa shape index (κ2) is 11.8. The lowest BCUT2D eigenvalue weighted by molar-refractivity contribution is -0.384. The summed E-state index contributed by atoms with van der Waals surface area (Å²) in [5.74, 6) is -1.37. The van der Waals surface area contributed by atoms with E-state index in [0.29, 0.717) is 12.8 Å². The van der Waals surface area contributed by atoms with Gasteiger partial charge in [-0.05, 0) is 41.7 Å². The molecule has 1 aliphatic rings. The molecule has 0 radical (unpaired) electrons. The third kappa shape index (κ3) is 6.58. The lowest BCUT2D eigenvalue weighted by Gasteiger charge is -2.24. The molecule has 4 atom stereocenters. The lowest BCUT2D eigenvalue weighted by Crippen LogP contribution is -2.41. The molecule has 3 aromatic rings. The van der Waals surface area contributed by atoms with Gasteiger partial charge in [-0.15, -0.1) is 0 Å². The molecule has 1 unspecified atom stereocenters. The highest BCUT2D eigenvalue weighted by Gasteiger charge is 2.34. The van der Waals surface area contributed by atoms with Gasteiger partial charge in [0.05, 0.1) is 23.2 Å². The van der Waals surface area contributed by atoms with Crippen molar-refractivity contribution in [3.8, 4) is 0 Å². The largest absolute Gasteiger partial charge is 0.391 e. The predicted molar refractivity (Wildman–Crippen MR) is 137 cm³/mol. The molecule has 37 heavy (non-hydrogen) atoms. The number of carbonyl (C=O) groups is 2. The third-order valence-corrected chi connectivity index (χ3v) is 6.59. The quantitative estimate of drug-likeness (QED) is 0.248. The maximum absolute atomic E-state index is 13.4. The van der Waals surface area contributed by atoms with Gasteiger partial charge in [0, 0.05) is 36.6 Å². The van der Waals surface area contributed by atoms with Gasteiger partial charge in [-0.3, -0.25) is 19.7 Å².